The van der Waals surface area contributed by atoms with E-state index < -0.39 is 0 Å². The summed E-state index contributed by atoms with van der Waals surface area (Å²) in [4.78, 5) is 0. The molecule has 0 aliphatic carbocycles. The monoisotopic (exact) mass is 280 g/mol. The average Bonchev–Trinajstić information content (AvgIpc) is 2.66. The Morgan fingerprint density at radius 3 is 3.00 bits per heavy atom. The summed E-state index contributed by atoms with van der Waals surface area (Å²) < 4.78 is 0. The Hall–Kier alpha value is -0.570. The van der Waals surface area contributed by atoms with Gasteiger partial charge in [0.15, 0.2) is 0 Å². The molecule has 0 radical (unpaired) electrons. The lowest BCUT2D eigenvalue weighted by Gasteiger charge is -2.21. The van der Waals surface area contributed by atoms with Crippen LogP contribution in [0.15, 0.2) is 24.3 Å². The Balaban J connectivity index is 1.74. The van der Waals surface area contributed by atoms with E-state index in [1.54, 1.807) is 0 Å². The van der Waals surface area contributed by atoms with Crippen molar-refractivity contribution < 1.29 is 0 Å². The van der Waals surface area contributed by atoms with Gasteiger partial charge in [-0.3, -0.25) is 0 Å². The Kier molecular flexibility index (Phi) is 6.15. The van der Waals surface area contributed by atoms with Crippen molar-refractivity contribution in [3.05, 3.63) is 34.9 Å². The van der Waals surface area contributed by atoms with E-state index in [4.69, 9.17) is 11.6 Å². The Bertz CT molecular complexity index is 373. The summed E-state index contributed by atoms with van der Waals surface area (Å²) in [6.07, 6.45) is 6.60. The fourth-order valence-corrected chi connectivity index (χ4v) is 2.94. The van der Waals surface area contributed by atoms with E-state index in [0.29, 0.717) is 12.1 Å². The summed E-state index contributed by atoms with van der Waals surface area (Å²) in [5.74, 6) is 0. The number of hydrogen-bond acceptors (Lipinski definition) is 2. The molecule has 0 saturated carbocycles. The molecular weight excluding hydrogens is 256 g/mol. The highest BCUT2D eigenvalue weighted by Crippen LogP contribution is 2.16. The first-order chi connectivity index (χ1) is 9.25. The SMILES string of the molecule is CC(CC1CCCCCN1)NCc1ccccc1Cl. The smallest absolute Gasteiger partial charge is 0.0450 e. The van der Waals surface area contributed by atoms with Gasteiger partial charge in [-0.05, 0) is 44.4 Å². The third-order valence-electron chi connectivity index (χ3n) is 3.90. The van der Waals surface area contributed by atoms with Crippen molar-refractivity contribution in [2.24, 2.45) is 0 Å². The first-order valence-electron chi connectivity index (χ1n) is 7.46. The van der Waals surface area contributed by atoms with E-state index in [9.17, 15) is 0 Å². The normalized spacial score (nSPS) is 21.9. The van der Waals surface area contributed by atoms with E-state index in [1.807, 2.05) is 18.2 Å². The van der Waals surface area contributed by atoms with Gasteiger partial charge in [-0.15, -0.1) is 0 Å². The van der Waals surface area contributed by atoms with Crippen LogP contribution in [-0.4, -0.2) is 18.6 Å². The molecule has 1 aromatic carbocycles. The third kappa shape index (κ3) is 5.13. The molecule has 1 aliphatic rings. The molecule has 0 amide bonds. The highest BCUT2D eigenvalue weighted by molar-refractivity contribution is 6.31. The molecule has 2 unspecified atom stereocenters. The molecule has 1 saturated heterocycles. The number of hydrogen-bond donors (Lipinski definition) is 2. The molecule has 1 aliphatic heterocycles. The molecule has 1 fully saturated rings. The van der Waals surface area contributed by atoms with Crippen LogP contribution >= 0.6 is 11.6 Å². The molecule has 1 heterocycles. The van der Waals surface area contributed by atoms with Crippen LogP contribution in [0.5, 0.6) is 0 Å². The molecule has 19 heavy (non-hydrogen) atoms. The number of benzene rings is 1. The molecule has 2 rings (SSSR count). The maximum atomic E-state index is 6.17. The lowest BCUT2D eigenvalue weighted by molar-refractivity contribution is 0.402. The molecule has 2 N–H and O–H groups in total. The van der Waals surface area contributed by atoms with Crippen molar-refractivity contribution in [2.75, 3.05) is 6.54 Å². The van der Waals surface area contributed by atoms with E-state index >= 15 is 0 Å². The van der Waals surface area contributed by atoms with E-state index in [0.717, 1.165) is 11.6 Å². The predicted octanol–water partition coefficient (Wildman–Crippen LogP) is 3.74. The maximum Gasteiger partial charge on any atom is 0.0450 e. The van der Waals surface area contributed by atoms with Crippen LogP contribution < -0.4 is 10.6 Å². The number of rotatable bonds is 5. The van der Waals surface area contributed by atoms with Gasteiger partial charge < -0.3 is 10.6 Å². The highest BCUT2D eigenvalue weighted by Gasteiger charge is 2.14. The van der Waals surface area contributed by atoms with Gasteiger partial charge in [-0.25, -0.2) is 0 Å². The van der Waals surface area contributed by atoms with Crippen molar-refractivity contribution in [3.63, 3.8) is 0 Å². The average molecular weight is 281 g/mol. The fraction of sp³-hybridized carbons (Fsp3) is 0.625. The minimum absolute atomic E-state index is 0.520. The molecule has 2 nitrogen and oxygen atoms in total. The van der Waals surface area contributed by atoms with Gasteiger partial charge in [0.2, 0.25) is 0 Å². The van der Waals surface area contributed by atoms with Crippen LogP contribution in [0, 0.1) is 0 Å². The lowest BCUT2D eigenvalue weighted by Crippen LogP contribution is -2.36. The zero-order chi connectivity index (χ0) is 13.5. The molecule has 0 spiro atoms. The summed E-state index contributed by atoms with van der Waals surface area (Å²) >= 11 is 6.17. The van der Waals surface area contributed by atoms with Gasteiger partial charge >= 0.3 is 0 Å². The quantitative estimate of drug-likeness (QED) is 0.859. The van der Waals surface area contributed by atoms with E-state index in [2.05, 4.69) is 23.6 Å². The molecule has 2 atom stereocenters. The minimum Gasteiger partial charge on any atom is -0.314 e. The summed E-state index contributed by atoms with van der Waals surface area (Å²) in [6.45, 7) is 4.30. The van der Waals surface area contributed by atoms with Crippen LogP contribution in [0.3, 0.4) is 0 Å². The van der Waals surface area contributed by atoms with Crippen LogP contribution in [0.1, 0.15) is 44.6 Å². The third-order valence-corrected chi connectivity index (χ3v) is 4.27. The van der Waals surface area contributed by atoms with E-state index in [1.165, 1.54) is 44.2 Å². The number of halogens is 1. The van der Waals surface area contributed by atoms with Gasteiger partial charge in [0, 0.05) is 23.7 Å². The number of nitrogens with one attached hydrogen (secondary N) is 2. The van der Waals surface area contributed by atoms with Gasteiger partial charge in [0.1, 0.15) is 0 Å². The highest BCUT2D eigenvalue weighted by atomic mass is 35.5. The summed E-state index contributed by atoms with van der Waals surface area (Å²) in [6, 6.07) is 9.26. The Labute approximate surface area is 121 Å². The largest absolute Gasteiger partial charge is 0.314 e. The van der Waals surface area contributed by atoms with Crippen LogP contribution in [0.2, 0.25) is 5.02 Å². The zero-order valence-electron chi connectivity index (χ0n) is 11.8. The van der Waals surface area contributed by atoms with Crippen molar-refractivity contribution >= 4 is 11.6 Å². The summed E-state index contributed by atoms with van der Waals surface area (Å²) in [5.41, 5.74) is 1.19. The zero-order valence-corrected chi connectivity index (χ0v) is 12.5. The van der Waals surface area contributed by atoms with Gasteiger partial charge in [-0.2, -0.15) is 0 Å². The lowest BCUT2D eigenvalue weighted by atomic mass is 10.0. The second kappa shape index (κ2) is 7.88. The minimum atomic E-state index is 0.520. The molecule has 106 valence electrons. The van der Waals surface area contributed by atoms with Gasteiger partial charge in [-0.1, -0.05) is 42.6 Å². The van der Waals surface area contributed by atoms with Crippen molar-refractivity contribution in [3.8, 4) is 0 Å². The molecule has 3 heteroatoms. The summed E-state index contributed by atoms with van der Waals surface area (Å²) in [5, 5.41) is 8.10. The van der Waals surface area contributed by atoms with Crippen molar-refractivity contribution in [2.45, 2.75) is 57.7 Å². The fourth-order valence-electron chi connectivity index (χ4n) is 2.74. The van der Waals surface area contributed by atoms with Crippen LogP contribution in [0.4, 0.5) is 0 Å². The van der Waals surface area contributed by atoms with Gasteiger partial charge in [0.25, 0.3) is 0 Å². The van der Waals surface area contributed by atoms with E-state index in [-0.39, 0.29) is 0 Å². The molecule has 0 bridgehead atoms. The summed E-state index contributed by atoms with van der Waals surface area (Å²) in [7, 11) is 0. The predicted molar refractivity (Wildman–Crippen MR) is 82.6 cm³/mol. The second-order valence-corrected chi connectivity index (χ2v) is 6.02. The maximum absolute atomic E-state index is 6.17. The molecule has 1 aromatic rings. The van der Waals surface area contributed by atoms with Crippen molar-refractivity contribution in [1.82, 2.24) is 10.6 Å². The van der Waals surface area contributed by atoms with Crippen LogP contribution in [0.25, 0.3) is 0 Å². The second-order valence-electron chi connectivity index (χ2n) is 5.61. The van der Waals surface area contributed by atoms with Gasteiger partial charge in [0.05, 0.1) is 0 Å². The van der Waals surface area contributed by atoms with Crippen LogP contribution in [-0.2, 0) is 6.54 Å². The topological polar surface area (TPSA) is 24.1 Å². The molecular formula is C16H25ClN2. The first-order valence-corrected chi connectivity index (χ1v) is 7.83. The van der Waals surface area contributed by atoms with Crippen molar-refractivity contribution in [1.29, 1.82) is 0 Å². The standard InChI is InChI=1S/C16H25ClN2/c1-13(11-15-8-3-2-6-10-18-15)19-12-14-7-4-5-9-16(14)17/h4-5,7,9,13,15,18-19H,2-3,6,8,10-12H2,1H3. The Morgan fingerprint density at radius 1 is 1.32 bits per heavy atom. The first kappa shape index (κ1) is 14.8. The molecule has 0 aromatic heterocycles. The Morgan fingerprint density at radius 2 is 2.16 bits per heavy atom.